The molecular weight excluding hydrogens is 1320 g/mol. The first kappa shape index (κ1) is 93.8. The van der Waals surface area contributed by atoms with Gasteiger partial charge in [-0.05, 0) is 92.9 Å². The zero-order chi connectivity index (χ0) is 70.2. The van der Waals surface area contributed by atoms with Crippen LogP contribution < -0.4 is 0 Å². The lowest BCUT2D eigenvalue weighted by Crippen LogP contribution is -2.36. The van der Waals surface area contributed by atoms with Crippen LogP contribution in [0, 0.1) is 11.8 Å². The number of sulfone groups is 4. The molecule has 538 valence electrons. The second-order valence-corrected chi connectivity index (χ2v) is 31.8. The van der Waals surface area contributed by atoms with E-state index in [-0.39, 0.29) is 161 Å². The Kier molecular flexibility index (Phi) is 60.8. The Hall–Kier alpha value is -3.58. The molecule has 2 saturated heterocycles. The van der Waals surface area contributed by atoms with Gasteiger partial charge in [0, 0.05) is 94.8 Å². The van der Waals surface area contributed by atoms with Crippen LogP contribution in [0.25, 0.3) is 0 Å². The Bertz CT molecular complexity index is 2440. The topological polar surface area (TPSA) is 427 Å². The zero-order valence-corrected chi connectivity index (χ0v) is 59.5. The minimum absolute atomic E-state index is 0.00319. The van der Waals surface area contributed by atoms with Gasteiger partial charge in [-0.25, -0.2) is 33.7 Å². The maximum Gasteiger partial charge on any atom is 0.309 e. The molecule has 0 spiro atoms. The number of aliphatic hydroxyl groups excluding tert-OH is 5. The fourth-order valence-electron chi connectivity index (χ4n) is 7.49. The van der Waals surface area contributed by atoms with E-state index in [0.717, 1.165) is 69.8 Å². The van der Waals surface area contributed by atoms with E-state index < -0.39 is 75.3 Å². The molecule has 34 heteroatoms. The molecule has 0 aromatic heterocycles. The number of methoxy groups -OCH3 is 1. The van der Waals surface area contributed by atoms with Gasteiger partial charge in [0.2, 0.25) is 11.8 Å². The molecule has 2 amide bonds. The number of esters is 4. The molecule has 5 N–H and O–H groups in total. The number of ether oxygens (including phenoxy) is 5. The Morgan fingerprint density at radius 3 is 1.16 bits per heavy atom. The Morgan fingerprint density at radius 1 is 0.418 bits per heavy atom. The first-order valence-electron chi connectivity index (χ1n) is 30.6. The van der Waals surface area contributed by atoms with Crippen molar-refractivity contribution in [3.05, 3.63) is 0 Å². The predicted octanol–water partition coefficient (Wildman–Crippen LogP) is 1.46. The van der Waals surface area contributed by atoms with Gasteiger partial charge in [0.15, 0.2) is 39.3 Å². The normalized spacial score (nSPS) is 13.8. The molecule has 0 aliphatic carbocycles. The minimum atomic E-state index is -3.56. The van der Waals surface area contributed by atoms with Gasteiger partial charge in [-0.15, -0.1) is 0 Å². The van der Waals surface area contributed by atoms with Gasteiger partial charge < -0.3 is 59.0 Å². The first-order valence-corrected chi connectivity index (χ1v) is 40.1. The monoisotopic (exact) mass is 1430 g/mol. The maximum atomic E-state index is 11.7. The number of hydrogen-bond donors (Lipinski definition) is 5. The van der Waals surface area contributed by atoms with Crippen molar-refractivity contribution in [1.29, 1.82) is 0 Å². The molecule has 2 fully saturated rings. The molecule has 0 aromatic rings. The van der Waals surface area contributed by atoms with Crippen molar-refractivity contribution in [3.63, 3.8) is 0 Å². The van der Waals surface area contributed by atoms with E-state index in [1.165, 1.54) is 39.1 Å². The van der Waals surface area contributed by atoms with E-state index >= 15 is 0 Å². The molecule has 28 nitrogen and oxygen atoms in total. The van der Waals surface area contributed by atoms with E-state index in [1.807, 2.05) is 4.90 Å². The highest BCUT2D eigenvalue weighted by atomic mass is 32.2. The third-order valence-corrected chi connectivity index (χ3v) is 21.0. The third kappa shape index (κ3) is 59.9. The van der Waals surface area contributed by atoms with Gasteiger partial charge in [0.25, 0.3) is 0 Å². The Labute approximate surface area is 549 Å². The van der Waals surface area contributed by atoms with Gasteiger partial charge in [-0.2, -0.15) is 23.5 Å². The van der Waals surface area contributed by atoms with E-state index in [0.29, 0.717) is 37.6 Å². The molecule has 0 bridgehead atoms. The summed E-state index contributed by atoms with van der Waals surface area (Å²) < 4.78 is 114. The molecule has 0 saturated carbocycles. The second-order valence-electron chi connectivity index (χ2n) is 20.2. The summed E-state index contributed by atoms with van der Waals surface area (Å²) in [6, 6.07) is 0. The number of ketones is 2. The minimum Gasteiger partial charge on any atom is -0.466 e. The number of carbonyl (C=O) groups is 8. The average Bonchev–Trinajstić information content (AvgIpc) is 3.71. The molecule has 2 aliphatic heterocycles. The fourth-order valence-corrected chi connectivity index (χ4v) is 13.7. The molecule has 2 unspecified atom stereocenters. The third-order valence-electron chi connectivity index (χ3n) is 12.3. The number of amides is 2. The van der Waals surface area contributed by atoms with Crippen molar-refractivity contribution >= 4 is 110 Å². The fraction of sp³-hybridized carbons (Fsp3) is 0.860. The molecule has 91 heavy (non-hydrogen) atoms. The summed E-state index contributed by atoms with van der Waals surface area (Å²) in [7, 11) is -11.7. The van der Waals surface area contributed by atoms with E-state index in [4.69, 9.17) is 44.5 Å². The summed E-state index contributed by atoms with van der Waals surface area (Å²) in [6.07, 6.45) is 8.22. The van der Waals surface area contributed by atoms with Gasteiger partial charge in [-0.3, -0.25) is 38.4 Å². The Morgan fingerprint density at radius 2 is 0.780 bits per heavy atom. The zero-order valence-electron chi connectivity index (χ0n) is 54.6. The van der Waals surface area contributed by atoms with Crippen LogP contribution in [-0.4, -0.2) is 285 Å². The molecule has 2 heterocycles. The average molecular weight is 1430 g/mol. The highest BCUT2D eigenvalue weighted by Gasteiger charge is 2.28. The van der Waals surface area contributed by atoms with Crippen LogP contribution in [0.4, 0.5) is 0 Å². The number of rotatable bonds is 41. The highest BCUT2D eigenvalue weighted by molar-refractivity contribution is 7.99. The number of piperidine rings is 2. The van der Waals surface area contributed by atoms with Gasteiger partial charge >= 0.3 is 23.9 Å². The Balaban J connectivity index is -0.000000505. The van der Waals surface area contributed by atoms with Crippen molar-refractivity contribution in [2.24, 2.45) is 11.8 Å². The highest BCUT2D eigenvalue weighted by Crippen LogP contribution is 2.18. The summed E-state index contributed by atoms with van der Waals surface area (Å²) in [6.45, 7) is 13.2. The number of nitrogens with zero attached hydrogens (tertiary/aromatic N) is 2. The lowest BCUT2D eigenvalue weighted by Gasteiger charge is -2.26. The molecular formula is C57H108N2O26S6. The first-order chi connectivity index (χ1) is 42.9. The van der Waals surface area contributed by atoms with Crippen molar-refractivity contribution in [1.82, 2.24) is 9.80 Å². The van der Waals surface area contributed by atoms with E-state index in [9.17, 15) is 72.0 Å². The maximum absolute atomic E-state index is 11.7. The number of likely N-dealkylation sites (tertiary alicyclic amines) is 2. The molecule has 0 radical (unpaired) electrons. The van der Waals surface area contributed by atoms with Crippen molar-refractivity contribution in [2.75, 3.05) is 168 Å². The standard InChI is InChI=1S/C12H22O7S.C12H22O5S.C10H19NO4S.C10H19NO2S.C7H14O4S.C6H12O4S/c1-3-18-11(14)6-5-10(12(15)19-4-2)9-20(16,17)8-7-13;1-3-16-11(14)6-5-10(9-18-8-7-13)12(15)17-4-2;12-7-9-16(14,15)8-4-10(13)11-5-2-1-3-6-11;12-7-9-14-8-4-10(13)11-5-2-1-3-6-11;1-7(8)3-5-12(9,10)6-4-11-2;1-6(8)2-4-11(9,10)5-3-7/h10,13H,3-9H2,1-2H3;10,13H,3-9H2,1-2H3;12H,1-9H2;12H,1-9H2;3-6H2,1-2H3;7H,2-5H2,1H3. The van der Waals surface area contributed by atoms with Crippen molar-refractivity contribution in [2.45, 2.75) is 131 Å². The van der Waals surface area contributed by atoms with E-state index in [1.54, 1.807) is 44.4 Å². The number of aliphatic hydroxyl groups is 5. The summed E-state index contributed by atoms with van der Waals surface area (Å²) in [4.78, 5) is 93.6. The number of thioether (sulfide) groups is 2. The second kappa shape index (κ2) is 59.0. The van der Waals surface area contributed by atoms with Crippen LogP contribution in [0.3, 0.4) is 0 Å². The van der Waals surface area contributed by atoms with Crippen LogP contribution in [0.15, 0.2) is 0 Å². The van der Waals surface area contributed by atoms with Crippen molar-refractivity contribution in [3.8, 4) is 0 Å². The summed E-state index contributed by atoms with van der Waals surface area (Å²) in [5.74, 6) is -1.99. The van der Waals surface area contributed by atoms with Crippen LogP contribution >= 0.6 is 23.5 Å². The number of carbonyl (C=O) groups excluding carboxylic acids is 8. The van der Waals surface area contributed by atoms with E-state index in [2.05, 4.69) is 4.74 Å². The van der Waals surface area contributed by atoms with Crippen molar-refractivity contribution < 1.29 is 121 Å². The summed E-state index contributed by atoms with van der Waals surface area (Å²) >= 11 is 3.13. The summed E-state index contributed by atoms with van der Waals surface area (Å²) in [5.41, 5.74) is 0. The smallest absolute Gasteiger partial charge is 0.309 e. The number of Topliss-reactive ketones (excluding diaryl/α,β-unsaturated/α-hetero) is 2. The quantitative estimate of drug-likeness (QED) is 0.0329. The summed E-state index contributed by atoms with van der Waals surface area (Å²) in [5, 5.41) is 42.8. The SMILES string of the molecule is CC(=O)CCS(=O)(=O)CCO.CCOC(=O)CCC(CS(=O)(=O)CCO)C(=O)OCC.CCOC(=O)CCC(CSCCO)C(=O)OCC.COCCS(=O)(=O)CCC(C)=O.O=C(CCS(=O)(=O)CCO)N1CCCCC1.O=C(CCSCCO)N1CCCCC1. The van der Waals surface area contributed by atoms with Crippen LogP contribution in [-0.2, 0) is 101 Å². The lowest BCUT2D eigenvalue weighted by molar-refractivity contribution is -0.150. The number of hydrogen-bond acceptors (Lipinski definition) is 28. The van der Waals surface area contributed by atoms with Crippen LogP contribution in [0.5, 0.6) is 0 Å². The van der Waals surface area contributed by atoms with Crippen LogP contribution in [0.2, 0.25) is 0 Å². The largest absolute Gasteiger partial charge is 0.466 e. The predicted molar refractivity (Wildman–Crippen MR) is 349 cm³/mol. The van der Waals surface area contributed by atoms with Gasteiger partial charge in [0.05, 0.1) is 124 Å². The molecule has 2 atom stereocenters. The molecule has 2 aliphatic rings. The van der Waals surface area contributed by atoms with Crippen LogP contribution in [0.1, 0.15) is 131 Å². The molecule has 0 aromatic carbocycles. The van der Waals surface area contributed by atoms with Gasteiger partial charge in [0.1, 0.15) is 11.6 Å². The lowest BCUT2D eigenvalue weighted by atomic mass is 10.1. The molecule has 2 rings (SSSR count). The van der Waals surface area contributed by atoms with Gasteiger partial charge in [-0.1, -0.05) is 0 Å².